The van der Waals surface area contributed by atoms with E-state index in [-0.39, 0.29) is 12.1 Å². The zero-order chi connectivity index (χ0) is 18.9. The monoisotopic (exact) mass is 374 g/mol. The average molecular weight is 374 g/mol. The number of carbonyl (C=O) groups excluding carboxylic acids is 1. The van der Waals surface area contributed by atoms with Crippen LogP contribution in [0.1, 0.15) is 50.8 Å². The van der Waals surface area contributed by atoms with Gasteiger partial charge in [-0.2, -0.15) is 0 Å². The molecular weight excluding hydrogens is 344 g/mol. The van der Waals surface area contributed by atoms with Gasteiger partial charge < -0.3 is 25.6 Å². The van der Waals surface area contributed by atoms with E-state index >= 15 is 0 Å². The third-order valence-electron chi connectivity index (χ3n) is 5.93. The molecule has 2 saturated heterocycles. The van der Waals surface area contributed by atoms with Crippen LogP contribution in [-0.2, 0) is 16.8 Å². The van der Waals surface area contributed by atoms with E-state index in [1.165, 1.54) is 0 Å². The molecule has 2 fully saturated rings. The maximum absolute atomic E-state index is 12.9. The predicted molar refractivity (Wildman–Crippen MR) is 102 cm³/mol. The standard InChI is InChI=1S/C19H30N6O2/c1-19(2)15-11-21-17(22-13-5-8-27-9-6-13)24-16(15)12-25(19)18(26)23-14-4-3-7-20-10-14/h11,13-14,20H,3-10,12H2,1-2H3,(H,23,26)(H,21,22,24)/t14-/m1/s1. The topological polar surface area (TPSA) is 91.4 Å². The molecule has 0 unspecified atom stereocenters. The molecule has 0 spiro atoms. The molecule has 3 aliphatic rings. The number of hydrogen-bond acceptors (Lipinski definition) is 6. The lowest BCUT2D eigenvalue weighted by molar-refractivity contribution is 0.0903. The molecule has 1 aromatic rings. The van der Waals surface area contributed by atoms with Gasteiger partial charge in [-0.3, -0.25) is 0 Å². The maximum Gasteiger partial charge on any atom is 0.318 e. The molecule has 4 heterocycles. The number of piperidine rings is 1. The minimum absolute atomic E-state index is 0.0226. The molecule has 0 bridgehead atoms. The molecule has 27 heavy (non-hydrogen) atoms. The Balaban J connectivity index is 1.45. The van der Waals surface area contributed by atoms with Gasteiger partial charge in [-0.15, -0.1) is 0 Å². The number of fused-ring (bicyclic) bond motifs is 1. The SMILES string of the molecule is CC1(C)c2cnc(NC3CCOCC3)nc2CN1C(=O)N[C@@H]1CCCNC1. The molecular formula is C19H30N6O2. The minimum Gasteiger partial charge on any atom is -0.381 e. The summed E-state index contributed by atoms with van der Waals surface area (Å²) in [6.07, 6.45) is 5.94. The van der Waals surface area contributed by atoms with Crippen molar-refractivity contribution in [2.75, 3.05) is 31.6 Å². The first-order valence-electron chi connectivity index (χ1n) is 10.0. The predicted octanol–water partition coefficient (Wildman–Crippen LogP) is 1.58. The molecule has 4 rings (SSSR count). The number of amides is 2. The van der Waals surface area contributed by atoms with Crippen LogP contribution < -0.4 is 16.0 Å². The van der Waals surface area contributed by atoms with E-state index in [0.29, 0.717) is 18.5 Å². The summed E-state index contributed by atoms with van der Waals surface area (Å²) in [5.74, 6) is 0.648. The molecule has 2 amide bonds. The number of nitrogens with one attached hydrogen (secondary N) is 3. The Hall–Kier alpha value is -1.93. The summed E-state index contributed by atoms with van der Waals surface area (Å²) >= 11 is 0. The van der Waals surface area contributed by atoms with Gasteiger partial charge in [-0.1, -0.05) is 0 Å². The lowest BCUT2D eigenvalue weighted by Crippen LogP contribution is -2.52. The van der Waals surface area contributed by atoms with E-state index in [9.17, 15) is 4.79 Å². The molecule has 1 aromatic heterocycles. The fourth-order valence-corrected chi connectivity index (χ4v) is 4.19. The highest BCUT2D eigenvalue weighted by Gasteiger charge is 2.42. The molecule has 0 saturated carbocycles. The van der Waals surface area contributed by atoms with Crippen LogP contribution in [0.25, 0.3) is 0 Å². The number of anilines is 1. The lowest BCUT2D eigenvalue weighted by Gasteiger charge is -2.34. The van der Waals surface area contributed by atoms with E-state index in [0.717, 1.165) is 63.2 Å². The van der Waals surface area contributed by atoms with E-state index in [4.69, 9.17) is 9.72 Å². The average Bonchev–Trinajstić information content (AvgIpc) is 2.94. The number of urea groups is 1. The van der Waals surface area contributed by atoms with Crippen LogP contribution in [0.4, 0.5) is 10.7 Å². The summed E-state index contributed by atoms with van der Waals surface area (Å²) in [5, 5.41) is 9.94. The van der Waals surface area contributed by atoms with Crippen LogP contribution in [0.15, 0.2) is 6.20 Å². The maximum atomic E-state index is 12.9. The van der Waals surface area contributed by atoms with Crippen molar-refractivity contribution >= 4 is 12.0 Å². The van der Waals surface area contributed by atoms with Crippen molar-refractivity contribution in [1.82, 2.24) is 25.5 Å². The zero-order valence-electron chi connectivity index (χ0n) is 16.3. The first kappa shape index (κ1) is 18.4. The Labute approximate surface area is 160 Å². The van der Waals surface area contributed by atoms with Gasteiger partial charge in [-0.05, 0) is 46.1 Å². The van der Waals surface area contributed by atoms with Crippen LogP contribution >= 0.6 is 0 Å². The number of ether oxygens (including phenoxy) is 1. The molecule has 148 valence electrons. The van der Waals surface area contributed by atoms with E-state index in [1.54, 1.807) is 0 Å². The van der Waals surface area contributed by atoms with Gasteiger partial charge >= 0.3 is 6.03 Å². The van der Waals surface area contributed by atoms with Crippen molar-refractivity contribution in [3.05, 3.63) is 17.5 Å². The van der Waals surface area contributed by atoms with Crippen LogP contribution in [0.3, 0.4) is 0 Å². The Morgan fingerprint density at radius 3 is 2.85 bits per heavy atom. The Morgan fingerprint density at radius 2 is 2.11 bits per heavy atom. The van der Waals surface area contributed by atoms with Gasteiger partial charge in [0.05, 0.1) is 17.8 Å². The first-order valence-corrected chi connectivity index (χ1v) is 10.0. The van der Waals surface area contributed by atoms with Gasteiger partial charge in [0, 0.05) is 43.6 Å². The minimum atomic E-state index is -0.418. The van der Waals surface area contributed by atoms with Gasteiger partial charge in [0.15, 0.2) is 0 Å². The summed E-state index contributed by atoms with van der Waals surface area (Å²) < 4.78 is 5.41. The number of rotatable bonds is 3. The quantitative estimate of drug-likeness (QED) is 0.744. The summed E-state index contributed by atoms with van der Waals surface area (Å²) in [6.45, 7) is 8.06. The molecule has 8 nitrogen and oxygen atoms in total. The Kier molecular flexibility index (Phi) is 5.19. The second-order valence-corrected chi connectivity index (χ2v) is 8.22. The molecule has 1 atom stereocenters. The van der Waals surface area contributed by atoms with Gasteiger partial charge in [0.25, 0.3) is 0 Å². The zero-order valence-corrected chi connectivity index (χ0v) is 16.3. The Bertz CT molecular complexity index is 683. The highest BCUT2D eigenvalue weighted by molar-refractivity contribution is 5.76. The fraction of sp³-hybridized carbons (Fsp3) is 0.737. The number of carbonyl (C=O) groups is 1. The highest BCUT2D eigenvalue weighted by Crippen LogP contribution is 2.37. The van der Waals surface area contributed by atoms with Gasteiger partial charge in [0.1, 0.15) is 0 Å². The smallest absolute Gasteiger partial charge is 0.318 e. The third kappa shape index (κ3) is 3.87. The normalized spacial score (nSPS) is 25.1. The van der Waals surface area contributed by atoms with Gasteiger partial charge in [-0.25, -0.2) is 14.8 Å². The van der Waals surface area contributed by atoms with E-state index < -0.39 is 5.54 Å². The third-order valence-corrected chi connectivity index (χ3v) is 5.93. The van der Waals surface area contributed by atoms with Crippen molar-refractivity contribution in [2.45, 2.75) is 63.7 Å². The van der Waals surface area contributed by atoms with E-state index in [2.05, 4.69) is 34.8 Å². The van der Waals surface area contributed by atoms with Crippen LogP contribution in [-0.4, -0.2) is 59.3 Å². The summed E-state index contributed by atoms with van der Waals surface area (Å²) in [6, 6.07) is 0.526. The van der Waals surface area contributed by atoms with Crippen molar-refractivity contribution in [2.24, 2.45) is 0 Å². The number of aromatic nitrogens is 2. The Morgan fingerprint density at radius 1 is 1.30 bits per heavy atom. The van der Waals surface area contributed by atoms with Crippen molar-refractivity contribution in [3.8, 4) is 0 Å². The van der Waals surface area contributed by atoms with Crippen LogP contribution in [0.2, 0.25) is 0 Å². The molecule has 0 aromatic carbocycles. The summed E-state index contributed by atoms with van der Waals surface area (Å²) in [4.78, 5) is 24.0. The van der Waals surface area contributed by atoms with Crippen molar-refractivity contribution < 1.29 is 9.53 Å². The first-order chi connectivity index (χ1) is 13.0. The molecule has 0 radical (unpaired) electrons. The van der Waals surface area contributed by atoms with Crippen molar-refractivity contribution in [3.63, 3.8) is 0 Å². The summed E-state index contributed by atoms with van der Waals surface area (Å²) in [5.41, 5.74) is 1.54. The molecule has 3 aliphatic heterocycles. The largest absolute Gasteiger partial charge is 0.381 e. The van der Waals surface area contributed by atoms with Crippen molar-refractivity contribution in [1.29, 1.82) is 0 Å². The molecule has 0 aliphatic carbocycles. The van der Waals surface area contributed by atoms with Gasteiger partial charge in [0.2, 0.25) is 5.95 Å². The highest BCUT2D eigenvalue weighted by atomic mass is 16.5. The fourth-order valence-electron chi connectivity index (χ4n) is 4.19. The molecule has 3 N–H and O–H groups in total. The summed E-state index contributed by atoms with van der Waals surface area (Å²) in [7, 11) is 0. The number of hydrogen-bond donors (Lipinski definition) is 3. The number of nitrogens with zero attached hydrogens (tertiary/aromatic N) is 3. The van der Waals surface area contributed by atoms with E-state index in [1.807, 2.05) is 11.1 Å². The molecule has 8 heteroatoms. The second kappa shape index (κ2) is 7.59. The van der Waals surface area contributed by atoms with Crippen LogP contribution in [0.5, 0.6) is 0 Å². The lowest BCUT2D eigenvalue weighted by atomic mass is 9.97. The second-order valence-electron chi connectivity index (χ2n) is 8.22. The van der Waals surface area contributed by atoms with Crippen LogP contribution in [0, 0.1) is 0 Å².